The molecule has 2 aromatic rings. The highest BCUT2D eigenvalue weighted by molar-refractivity contribution is 6.33. The van der Waals surface area contributed by atoms with Gasteiger partial charge in [-0.1, -0.05) is 23.7 Å². The second-order valence-corrected chi connectivity index (χ2v) is 3.61. The molecule has 0 aliphatic carbocycles. The highest BCUT2D eigenvalue weighted by Crippen LogP contribution is 2.19. The van der Waals surface area contributed by atoms with Gasteiger partial charge >= 0.3 is 0 Å². The molecule has 0 amide bonds. The summed E-state index contributed by atoms with van der Waals surface area (Å²) in [4.78, 5) is 3.97. The van der Waals surface area contributed by atoms with Crippen LogP contribution in [0.2, 0.25) is 5.02 Å². The van der Waals surface area contributed by atoms with E-state index >= 15 is 0 Å². The lowest BCUT2D eigenvalue weighted by atomic mass is 10.3. The van der Waals surface area contributed by atoms with E-state index in [0.29, 0.717) is 0 Å². The predicted molar refractivity (Wildman–Crippen MR) is 62.2 cm³/mol. The number of halogens is 1. The Balaban J connectivity index is 1.86. The molecule has 0 aliphatic rings. The Morgan fingerprint density at radius 3 is 2.93 bits per heavy atom. The van der Waals surface area contributed by atoms with Crippen molar-refractivity contribution < 1.29 is 0 Å². The largest absolute Gasteiger partial charge is 0.382 e. The highest BCUT2D eigenvalue weighted by atomic mass is 35.5. The molecule has 0 radical (unpaired) electrons. The summed E-state index contributed by atoms with van der Waals surface area (Å²) in [6.45, 7) is 1.71. The number of imidazole rings is 1. The Labute approximate surface area is 93.7 Å². The van der Waals surface area contributed by atoms with Crippen molar-refractivity contribution in [1.82, 2.24) is 9.55 Å². The number of nitrogens with one attached hydrogen (secondary N) is 1. The third kappa shape index (κ3) is 2.73. The first-order valence-electron chi connectivity index (χ1n) is 4.80. The van der Waals surface area contributed by atoms with Crippen LogP contribution in [0.1, 0.15) is 0 Å². The van der Waals surface area contributed by atoms with Crippen LogP contribution in [-0.4, -0.2) is 16.1 Å². The molecule has 0 fully saturated rings. The topological polar surface area (TPSA) is 29.9 Å². The van der Waals surface area contributed by atoms with E-state index in [2.05, 4.69) is 10.3 Å². The van der Waals surface area contributed by atoms with E-state index in [0.717, 1.165) is 23.8 Å². The van der Waals surface area contributed by atoms with Crippen molar-refractivity contribution in [3.63, 3.8) is 0 Å². The average Bonchev–Trinajstić information content (AvgIpc) is 2.74. The standard InChI is InChI=1S/C11H12ClN3/c12-10-3-1-2-4-11(10)14-6-8-15-7-5-13-9-15/h1-5,7,9,14H,6,8H2. The van der Waals surface area contributed by atoms with E-state index in [1.165, 1.54) is 0 Å². The van der Waals surface area contributed by atoms with Crippen LogP contribution in [0.4, 0.5) is 5.69 Å². The second kappa shape index (κ2) is 4.84. The zero-order valence-electron chi connectivity index (χ0n) is 8.23. The van der Waals surface area contributed by atoms with E-state index in [1.807, 2.05) is 35.0 Å². The first-order valence-corrected chi connectivity index (χ1v) is 5.18. The lowest BCUT2D eigenvalue weighted by Crippen LogP contribution is -2.09. The van der Waals surface area contributed by atoms with Gasteiger partial charge in [0.1, 0.15) is 0 Å². The summed E-state index contributed by atoms with van der Waals surface area (Å²) in [5.41, 5.74) is 0.972. The summed E-state index contributed by atoms with van der Waals surface area (Å²) in [7, 11) is 0. The SMILES string of the molecule is Clc1ccccc1NCCn1ccnc1. The van der Waals surface area contributed by atoms with Crippen LogP contribution >= 0.6 is 11.6 Å². The summed E-state index contributed by atoms with van der Waals surface area (Å²) >= 11 is 6.00. The van der Waals surface area contributed by atoms with Crippen LogP contribution in [0.25, 0.3) is 0 Å². The van der Waals surface area contributed by atoms with Crippen molar-refractivity contribution in [3.05, 3.63) is 48.0 Å². The van der Waals surface area contributed by atoms with Gasteiger partial charge in [-0.3, -0.25) is 0 Å². The van der Waals surface area contributed by atoms with Gasteiger partial charge in [0.15, 0.2) is 0 Å². The van der Waals surface area contributed by atoms with Gasteiger partial charge in [-0.2, -0.15) is 0 Å². The van der Waals surface area contributed by atoms with Gasteiger partial charge in [0.2, 0.25) is 0 Å². The fourth-order valence-electron chi connectivity index (χ4n) is 1.34. The second-order valence-electron chi connectivity index (χ2n) is 3.21. The average molecular weight is 222 g/mol. The van der Waals surface area contributed by atoms with Gasteiger partial charge in [0.05, 0.1) is 17.0 Å². The van der Waals surface area contributed by atoms with E-state index < -0.39 is 0 Å². The van der Waals surface area contributed by atoms with E-state index in [4.69, 9.17) is 11.6 Å². The van der Waals surface area contributed by atoms with Gasteiger partial charge in [-0.25, -0.2) is 4.98 Å². The van der Waals surface area contributed by atoms with Crippen molar-refractivity contribution in [2.75, 3.05) is 11.9 Å². The summed E-state index contributed by atoms with van der Waals surface area (Å²) in [6, 6.07) is 7.73. The molecule has 4 heteroatoms. The molecule has 0 atom stereocenters. The maximum atomic E-state index is 6.00. The van der Waals surface area contributed by atoms with E-state index in [9.17, 15) is 0 Å². The Morgan fingerprint density at radius 1 is 1.33 bits per heavy atom. The molecule has 15 heavy (non-hydrogen) atoms. The molecule has 0 unspecified atom stereocenters. The Bertz CT molecular complexity index is 412. The molecule has 1 aromatic carbocycles. The molecule has 1 aromatic heterocycles. The molecule has 2 rings (SSSR count). The first-order chi connectivity index (χ1) is 7.36. The summed E-state index contributed by atoms with van der Waals surface area (Å²) in [5, 5.41) is 4.02. The number of rotatable bonds is 4. The number of para-hydroxylation sites is 1. The van der Waals surface area contributed by atoms with E-state index in [-0.39, 0.29) is 0 Å². The van der Waals surface area contributed by atoms with Crippen LogP contribution < -0.4 is 5.32 Å². The molecule has 0 saturated heterocycles. The number of hydrogen-bond donors (Lipinski definition) is 1. The molecule has 0 saturated carbocycles. The van der Waals surface area contributed by atoms with Gasteiger partial charge in [0.25, 0.3) is 0 Å². The Kier molecular flexibility index (Phi) is 3.25. The molecule has 0 aliphatic heterocycles. The number of aromatic nitrogens is 2. The molecule has 0 spiro atoms. The monoisotopic (exact) mass is 221 g/mol. The maximum absolute atomic E-state index is 6.00. The van der Waals surface area contributed by atoms with Crippen LogP contribution in [0.15, 0.2) is 43.0 Å². The number of hydrogen-bond acceptors (Lipinski definition) is 2. The number of anilines is 1. The van der Waals surface area contributed by atoms with Gasteiger partial charge < -0.3 is 9.88 Å². The van der Waals surface area contributed by atoms with Gasteiger partial charge in [-0.15, -0.1) is 0 Å². The molecular formula is C11H12ClN3. The molecule has 1 heterocycles. The summed E-state index contributed by atoms with van der Waals surface area (Å²) in [5.74, 6) is 0. The third-order valence-electron chi connectivity index (χ3n) is 2.12. The minimum atomic E-state index is 0.753. The zero-order chi connectivity index (χ0) is 10.5. The first kappa shape index (κ1) is 10.1. The Hall–Kier alpha value is -1.48. The lowest BCUT2D eigenvalue weighted by Gasteiger charge is -2.08. The predicted octanol–water partition coefficient (Wildman–Crippen LogP) is 2.65. The highest BCUT2D eigenvalue weighted by Gasteiger charge is 1.96. The maximum Gasteiger partial charge on any atom is 0.0946 e. The van der Waals surface area contributed by atoms with Crippen LogP contribution in [0.5, 0.6) is 0 Å². The fourth-order valence-corrected chi connectivity index (χ4v) is 1.55. The van der Waals surface area contributed by atoms with Crippen LogP contribution in [0.3, 0.4) is 0 Å². The van der Waals surface area contributed by atoms with Crippen molar-refractivity contribution >= 4 is 17.3 Å². The molecule has 3 nitrogen and oxygen atoms in total. The molecule has 1 N–H and O–H groups in total. The van der Waals surface area contributed by atoms with Crippen molar-refractivity contribution in [1.29, 1.82) is 0 Å². The quantitative estimate of drug-likeness (QED) is 0.860. The molecule has 0 bridgehead atoms. The summed E-state index contributed by atoms with van der Waals surface area (Å²) < 4.78 is 2.02. The smallest absolute Gasteiger partial charge is 0.0946 e. The van der Waals surface area contributed by atoms with Crippen molar-refractivity contribution in [2.24, 2.45) is 0 Å². The minimum Gasteiger partial charge on any atom is -0.382 e. The number of nitrogens with zero attached hydrogens (tertiary/aromatic N) is 2. The number of benzene rings is 1. The van der Waals surface area contributed by atoms with Crippen molar-refractivity contribution in [3.8, 4) is 0 Å². The third-order valence-corrected chi connectivity index (χ3v) is 2.45. The van der Waals surface area contributed by atoms with Gasteiger partial charge in [0, 0.05) is 25.5 Å². The fraction of sp³-hybridized carbons (Fsp3) is 0.182. The lowest BCUT2D eigenvalue weighted by molar-refractivity contribution is 0.727. The van der Waals surface area contributed by atoms with Gasteiger partial charge in [-0.05, 0) is 12.1 Å². The zero-order valence-corrected chi connectivity index (χ0v) is 8.98. The van der Waals surface area contributed by atoms with Crippen LogP contribution in [-0.2, 0) is 6.54 Å². The van der Waals surface area contributed by atoms with Crippen molar-refractivity contribution in [2.45, 2.75) is 6.54 Å². The molecule has 78 valence electrons. The van der Waals surface area contributed by atoms with E-state index in [1.54, 1.807) is 12.5 Å². The molecular weight excluding hydrogens is 210 g/mol. The van der Waals surface area contributed by atoms with Crippen LogP contribution in [0, 0.1) is 0 Å². The summed E-state index contributed by atoms with van der Waals surface area (Å²) in [6.07, 6.45) is 5.51. The minimum absolute atomic E-state index is 0.753. The Morgan fingerprint density at radius 2 is 2.20 bits per heavy atom. The normalized spacial score (nSPS) is 10.2.